The molecule has 2 amide bonds. The van der Waals surface area contributed by atoms with Crippen LogP contribution in [0.25, 0.3) is 10.8 Å². The third kappa shape index (κ3) is 5.58. The van der Waals surface area contributed by atoms with E-state index < -0.39 is 5.25 Å². The van der Waals surface area contributed by atoms with Crippen molar-refractivity contribution in [1.82, 2.24) is 5.01 Å². The van der Waals surface area contributed by atoms with Gasteiger partial charge in [-0.3, -0.25) is 19.4 Å². The molecule has 0 saturated carbocycles. The summed E-state index contributed by atoms with van der Waals surface area (Å²) in [6.45, 7) is 1.46. The Morgan fingerprint density at radius 2 is 1.89 bits per heavy atom. The zero-order valence-electron chi connectivity index (χ0n) is 19.5. The highest BCUT2D eigenvalue weighted by Gasteiger charge is 2.39. The monoisotopic (exact) mass is 488 g/mol. The van der Waals surface area contributed by atoms with Gasteiger partial charge in [-0.05, 0) is 53.6 Å². The summed E-state index contributed by atoms with van der Waals surface area (Å²) in [6.07, 6.45) is 1.56. The summed E-state index contributed by atoms with van der Waals surface area (Å²) >= 11 is 1.20. The van der Waals surface area contributed by atoms with Crippen molar-refractivity contribution >= 4 is 57.2 Å². The second-order valence-electron chi connectivity index (χ2n) is 7.87. The first kappa shape index (κ1) is 24.2. The van der Waals surface area contributed by atoms with Gasteiger partial charge in [0.05, 0.1) is 13.3 Å². The van der Waals surface area contributed by atoms with Gasteiger partial charge < -0.3 is 10.1 Å². The summed E-state index contributed by atoms with van der Waals surface area (Å²) in [5.74, 6) is 0.0444. The van der Waals surface area contributed by atoms with Gasteiger partial charge in [-0.15, -0.1) is 0 Å². The van der Waals surface area contributed by atoms with Crippen molar-refractivity contribution in [3.05, 3.63) is 71.8 Å². The number of ketones is 1. The molecule has 4 rings (SSSR count). The molecule has 35 heavy (non-hydrogen) atoms. The van der Waals surface area contributed by atoms with Crippen LogP contribution in [0.4, 0.5) is 5.69 Å². The molecule has 1 aliphatic heterocycles. The first-order valence-electron chi connectivity index (χ1n) is 10.9. The van der Waals surface area contributed by atoms with Gasteiger partial charge in [-0.2, -0.15) is 10.1 Å². The fourth-order valence-electron chi connectivity index (χ4n) is 3.61. The largest absolute Gasteiger partial charge is 0.497 e. The Morgan fingerprint density at radius 3 is 2.63 bits per heavy atom. The van der Waals surface area contributed by atoms with Gasteiger partial charge in [-0.1, -0.05) is 42.1 Å². The number of methoxy groups -OCH3 is 1. The lowest BCUT2D eigenvalue weighted by molar-refractivity contribution is -0.128. The summed E-state index contributed by atoms with van der Waals surface area (Å²) in [5, 5.41) is 10.2. The number of hydrogen-bond acceptors (Lipinski definition) is 7. The minimum atomic E-state index is -0.647. The van der Waals surface area contributed by atoms with Crippen LogP contribution in [0, 0.1) is 0 Å². The molecule has 3 aromatic rings. The molecule has 1 saturated heterocycles. The van der Waals surface area contributed by atoms with Crippen LogP contribution < -0.4 is 10.1 Å². The molecule has 1 N–H and O–H groups in total. The maximum absolute atomic E-state index is 13.0. The van der Waals surface area contributed by atoms with Crippen molar-refractivity contribution in [1.29, 1.82) is 0 Å². The van der Waals surface area contributed by atoms with Crippen LogP contribution in [0.2, 0.25) is 0 Å². The van der Waals surface area contributed by atoms with Crippen LogP contribution in [0.1, 0.15) is 29.3 Å². The van der Waals surface area contributed by atoms with Gasteiger partial charge in [-0.25, -0.2) is 0 Å². The van der Waals surface area contributed by atoms with Crippen molar-refractivity contribution in [2.45, 2.75) is 18.6 Å². The molecule has 0 aliphatic carbocycles. The number of Topliss-reactive ketones (excluding diaryl/α,β-unsaturated/α-hetero) is 1. The molecule has 0 aromatic heterocycles. The SMILES string of the molecule is CN=C1S[C@H](CC(=O)Nc2cccc(C(C)=O)c2)C(=O)N1/N=C\c1ccc2cc(OC)ccc2c1. The van der Waals surface area contributed by atoms with E-state index in [1.807, 2.05) is 36.4 Å². The molecule has 1 fully saturated rings. The van der Waals surface area contributed by atoms with Crippen LogP contribution in [0.3, 0.4) is 0 Å². The predicted molar refractivity (Wildman–Crippen MR) is 139 cm³/mol. The molecule has 1 heterocycles. The van der Waals surface area contributed by atoms with Crippen molar-refractivity contribution in [3.8, 4) is 5.75 Å². The normalized spacial score (nSPS) is 16.9. The Kier molecular flexibility index (Phi) is 7.26. The van der Waals surface area contributed by atoms with E-state index in [0.717, 1.165) is 22.1 Å². The summed E-state index contributed by atoms with van der Waals surface area (Å²) in [6, 6.07) is 18.3. The number of nitrogens with zero attached hydrogens (tertiary/aromatic N) is 3. The third-order valence-electron chi connectivity index (χ3n) is 5.42. The highest BCUT2D eigenvalue weighted by Crippen LogP contribution is 2.30. The minimum absolute atomic E-state index is 0.0450. The fraction of sp³-hybridized carbons (Fsp3) is 0.192. The van der Waals surface area contributed by atoms with E-state index in [2.05, 4.69) is 15.4 Å². The van der Waals surface area contributed by atoms with Crippen molar-refractivity contribution in [2.75, 3.05) is 19.5 Å². The number of fused-ring (bicyclic) bond motifs is 1. The lowest BCUT2D eigenvalue weighted by Crippen LogP contribution is -2.29. The molecule has 3 aromatic carbocycles. The summed E-state index contributed by atoms with van der Waals surface area (Å²) < 4.78 is 5.26. The number of carbonyl (C=O) groups is 3. The van der Waals surface area contributed by atoms with E-state index in [-0.39, 0.29) is 24.0 Å². The zero-order valence-corrected chi connectivity index (χ0v) is 20.3. The second kappa shape index (κ2) is 10.5. The van der Waals surface area contributed by atoms with Crippen LogP contribution in [0.15, 0.2) is 70.8 Å². The van der Waals surface area contributed by atoms with E-state index in [9.17, 15) is 14.4 Å². The van der Waals surface area contributed by atoms with Crippen molar-refractivity contribution in [3.63, 3.8) is 0 Å². The maximum Gasteiger partial charge on any atom is 0.263 e. The average Bonchev–Trinajstić information content (AvgIpc) is 3.16. The Bertz CT molecular complexity index is 1370. The lowest BCUT2D eigenvalue weighted by Gasteiger charge is -2.10. The van der Waals surface area contributed by atoms with Crippen LogP contribution in [-0.4, -0.2) is 53.4 Å². The molecule has 0 radical (unpaired) electrons. The van der Waals surface area contributed by atoms with Gasteiger partial charge in [0, 0.05) is 24.7 Å². The smallest absolute Gasteiger partial charge is 0.263 e. The molecule has 8 nitrogen and oxygen atoms in total. The van der Waals surface area contributed by atoms with Crippen LogP contribution in [-0.2, 0) is 9.59 Å². The Labute approximate surface area is 207 Å². The number of benzene rings is 3. The fourth-order valence-corrected chi connectivity index (χ4v) is 4.64. The number of amides is 2. The standard InChI is InChI=1S/C26H24N4O4S/c1-16(31)18-5-4-6-21(12-18)29-24(32)14-23-25(33)30(26(27-2)35-23)28-15-17-7-8-20-13-22(34-3)10-9-19(20)11-17/h4-13,15,23H,14H2,1-3H3,(H,29,32)/b27-26?,28-15-/t23-/m1/s1. The average molecular weight is 489 g/mol. The van der Waals surface area contributed by atoms with Crippen LogP contribution >= 0.6 is 11.8 Å². The molecule has 1 aliphatic rings. The molecule has 0 unspecified atom stereocenters. The van der Waals surface area contributed by atoms with Gasteiger partial charge in [0.25, 0.3) is 5.91 Å². The number of thioether (sulfide) groups is 1. The minimum Gasteiger partial charge on any atom is -0.497 e. The number of anilines is 1. The second-order valence-corrected chi connectivity index (χ2v) is 9.04. The van der Waals surface area contributed by atoms with Crippen molar-refractivity contribution in [2.24, 2.45) is 10.1 Å². The molecule has 178 valence electrons. The number of ether oxygens (including phenoxy) is 1. The maximum atomic E-state index is 13.0. The van der Waals surface area contributed by atoms with Crippen molar-refractivity contribution < 1.29 is 19.1 Å². The molecule has 0 spiro atoms. The summed E-state index contributed by atoms with van der Waals surface area (Å²) in [7, 11) is 3.21. The zero-order chi connectivity index (χ0) is 24.9. The number of hydrazone groups is 1. The van der Waals surface area contributed by atoms with E-state index in [1.54, 1.807) is 44.6 Å². The predicted octanol–water partition coefficient (Wildman–Crippen LogP) is 4.34. The number of amidine groups is 1. The lowest BCUT2D eigenvalue weighted by atomic mass is 10.1. The molecular weight excluding hydrogens is 464 g/mol. The Hall–Kier alpha value is -3.98. The highest BCUT2D eigenvalue weighted by molar-refractivity contribution is 8.15. The number of rotatable bonds is 7. The first-order valence-corrected chi connectivity index (χ1v) is 11.8. The molecule has 0 bridgehead atoms. The van der Waals surface area contributed by atoms with E-state index >= 15 is 0 Å². The first-order chi connectivity index (χ1) is 16.9. The molecule has 9 heteroatoms. The van der Waals surface area contributed by atoms with Crippen LogP contribution in [0.5, 0.6) is 5.75 Å². The van der Waals surface area contributed by atoms with E-state index in [0.29, 0.717) is 16.4 Å². The van der Waals surface area contributed by atoms with Gasteiger partial charge >= 0.3 is 0 Å². The number of aliphatic imine (C=N–C) groups is 1. The Morgan fingerprint density at radius 1 is 1.11 bits per heavy atom. The third-order valence-corrected chi connectivity index (χ3v) is 6.64. The van der Waals surface area contributed by atoms with E-state index in [4.69, 9.17) is 4.74 Å². The van der Waals surface area contributed by atoms with Gasteiger partial charge in [0.2, 0.25) is 5.91 Å². The molecular formula is C26H24N4O4S. The van der Waals surface area contributed by atoms with E-state index in [1.165, 1.54) is 23.7 Å². The van der Waals surface area contributed by atoms with Gasteiger partial charge in [0.15, 0.2) is 11.0 Å². The quantitative estimate of drug-likeness (QED) is 0.394. The molecule has 1 atom stereocenters. The number of carbonyl (C=O) groups excluding carboxylic acids is 3. The Balaban J connectivity index is 1.44. The summed E-state index contributed by atoms with van der Waals surface area (Å²) in [4.78, 5) is 41.3. The number of hydrogen-bond donors (Lipinski definition) is 1. The topological polar surface area (TPSA) is 100 Å². The number of nitrogens with one attached hydrogen (secondary N) is 1. The van der Waals surface area contributed by atoms with Gasteiger partial charge in [0.1, 0.15) is 11.0 Å². The highest BCUT2D eigenvalue weighted by atomic mass is 32.2. The summed E-state index contributed by atoms with van der Waals surface area (Å²) in [5.41, 5.74) is 1.83.